The zero-order valence-electron chi connectivity index (χ0n) is 29.5. The molecule has 286 valence electrons. The lowest BCUT2D eigenvalue weighted by molar-refractivity contribution is -0.606. The van der Waals surface area contributed by atoms with Gasteiger partial charge in [0.2, 0.25) is 6.20 Å². The van der Waals surface area contributed by atoms with Gasteiger partial charge in [0.25, 0.3) is 0 Å². The monoisotopic (exact) mass is 758 g/mol. The third-order valence-electron chi connectivity index (χ3n) is 6.45. The van der Waals surface area contributed by atoms with Gasteiger partial charge in [0.1, 0.15) is 17.0 Å². The Labute approximate surface area is 298 Å². The molecule has 0 saturated carbocycles. The largest absolute Gasteiger partial charge is 0.619 e. The topological polar surface area (TPSA) is 125 Å². The molecule has 0 aliphatic heterocycles. The van der Waals surface area contributed by atoms with E-state index in [-0.39, 0.29) is 27.2 Å². The van der Waals surface area contributed by atoms with E-state index in [9.17, 15) is 49.9 Å². The Morgan fingerprint density at radius 1 is 0.660 bits per heavy atom. The number of hydrogen-bond acceptors (Lipinski definition) is 8. The van der Waals surface area contributed by atoms with Crippen molar-refractivity contribution < 1.29 is 58.9 Å². The highest BCUT2D eigenvalue weighted by Crippen LogP contribution is 2.38. The van der Waals surface area contributed by atoms with Crippen molar-refractivity contribution in [2.75, 3.05) is 23.9 Å². The highest BCUT2D eigenvalue weighted by atomic mass is 19.4. The first-order valence-electron chi connectivity index (χ1n) is 15.3. The number of alkyl halides is 6. The number of carbonyl (C=O) groups is 2. The fraction of sp³-hybridized carbons (Fsp3) is 0.353. The number of carbonyl (C=O) groups excluding carboxylic acids is 2. The van der Waals surface area contributed by atoms with Gasteiger partial charge in [0.15, 0.2) is 23.4 Å². The number of aromatic nitrogens is 4. The quantitative estimate of drug-likeness (QED) is 0.115. The van der Waals surface area contributed by atoms with Gasteiger partial charge in [-0.1, -0.05) is 0 Å². The van der Waals surface area contributed by atoms with Gasteiger partial charge in [0, 0.05) is 25.9 Å². The maximum absolute atomic E-state index is 13.5. The zero-order chi connectivity index (χ0) is 40.3. The molecule has 0 fully saturated rings. The van der Waals surface area contributed by atoms with Crippen LogP contribution < -0.4 is 14.5 Å². The fourth-order valence-corrected chi connectivity index (χ4v) is 4.25. The van der Waals surface area contributed by atoms with Crippen molar-refractivity contribution in [1.82, 2.24) is 15.0 Å². The van der Waals surface area contributed by atoms with Crippen LogP contribution in [0.3, 0.4) is 0 Å². The molecular weight excluding hydrogens is 724 g/mol. The van der Waals surface area contributed by atoms with E-state index in [4.69, 9.17) is 9.47 Å². The summed E-state index contributed by atoms with van der Waals surface area (Å²) < 4.78 is 118. The molecule has 4 aromatic rings. The van der Waals surface area contributed by atoms with Crippen LogP contribution in [0.5, 0.6) is 0 Å². The smallest absolute Gasteiger partial charge is 0.435 e. The number of rotatable bonds is 4. The highest BCUT2D eigenvalue weighted by Gasteiger charge is 2.40. The first kappa shape index (κ1) is 41.8. The van der Waals surface area contributed by atoms with E-state index in [1.165, 1.54) is 12.3 Å². The lowest BCUT2D eigenvalue weighted by Gasteiger charge is -2.26. The third kappa shape index (κ3) is 11.7. The summed E-state index contributed by atoms with van der Waals surface area (Å²) in [5, 5.41) is 11.3. The fourth-order valence-electron chi connectivity index (χ4n) is 4.25. The maximum atomic E-state index is 13.5. The van der Waals surface area contributed by atoms with Gasteiger partial charge in [-0.15, -0.1) is 0 Å². The molecule has 4 rings (SSSR count). The van der Waals surface area contributed by atoms with Crippen molar-refractivity contribution in [3.63, 3.8) is 0 Å². The van der Waals surface area contributed by atoms with E-state index in [1.54, 1.807) is 41.5 Å². The van der Waals surface area contributed by atoms with Crippen LogP contribution >= 0.6 is 0 Å². The molecule has 0 spiro atoms. The minimum absolute atomic E-state index is 0.0852. The molecule has 0 radical (unpaired) electrons. The molecule has 0 aliphatic carbocycles. The number of amides is 2. The maximum Gasteiger partial charge on any atom is 0.435 e. The predicted octanol–water partition coefficient (Wildman–Crippen LogP) is 8.58. The van der Waals surface area contributed by atoms with E-state index < -0.39 is 70.1 Å². The Balaban J connectivity index is 0.000000286. The number of anilines is 2. The molecule has 0 bridgehead atoms. The van der Waals surface area contributed by atoms with Crippen LogP contribution in [-0.2, 0) is 21.8 Å². The second-order valence-corrected chi connectivity index (χ2v) is 13.2. The summed E-state index contributed by atoms with van der Waals surface area (Å²) in [6.07, 6.45) is -8.04. The summed E-state index contributed by atoms with van der Waals surface area (Å²) in [4.78, 5) is 36.3. The predicted molar refractivity (Wildman–Crippen MR) is 175 cm³/mol. The average Bonchev–Trinajstić information content (AvgIpc) is 3.01. The zero-order valence-corrected chi connectivity index (χ0v) is 29.5. The Hall–Kier alpha value is -5.62. The van der Waals surface area contributed by atoms with Crippen LogP contribution in [0.2, 0.25) is 0 Å². The second-order valence-electron chi connectivity index (χ2n) is 13.2. The van der Waals surface area contributed by atoms with Gasteiger partial charge in [-0.25, -0.2) is 28.3 Å². The summed E-state index contributed by atoms with van der Waals surface area (Å²) in [7, 11) is 2.28. The summed E-state index contributed by atoms with van der Waals surface area (Å²) in [5.41, 5.74) is -5.87. The van der Waals surface area contributed by atoms with Crippen LogP contribution in [0, 0.1) is 16.8 Å². The lowest BCUT2D eigenvalue weighted by Crippen LogP contribution is -2.35. The van der Waals surface area contributed by atoms with Gasteiger partial charge in [0.05, 0.1) is 34.5 Å². The molecule has 0 saturated heterocycles. The van der Waals surface area contributed by atoms with Crippen LogP contribution in [0.25, 0.3) is 22.5 Å². The standard InChI is InChI=1S/C17H17F4N3O3.C17H17F4N3O2/c1-16(2,3)27-15(25)23(4)13-6-5-12(22-14(13)17(19,20)21)10-7-11(18)9-24(26)8-10;1-16(2,3)26-15(25)24(4)13-6-5-12(23-14(13)17(19,20)21)10-7-11(18)9-22-8-10/h5-9H,1-4H3;5-9H,1-4H3. The van der Waals surface area contributed by atoms with Gasteiger partial charge in [-0.3, -0.25) is 14.8 Å². The number of ether oxygens (including phenoxy) is 2. The number of hydrogen-bond donors (Lipinski definition) is 0. The van der Waals surface area contributed by atoms with Crippen molar-refractivity contribution in [1.29, 1.82) is 0 Å². The van der Waals surface area contributed by atoms with Crippen molar-refractivity contribution in [3.8, 4) is 22.5 Å². The highest BCUT2D eigenvalue weighted by molar-refractivity contribution is 5.89. The van der Waals surface area contributed by atoms with Crippen LogP contribution in [0.15, 0.2) is 61.2 Å². The minimum atomic E-state index is -4.90. The Bertz CT molecular complexity index is 1940. The lowest BCUT2D eigenvalue weighted by atomic mass is 10.1. The van der Waals surface area contributed by atoms with E-state index in [0.29, 0.717) is 11.1 Å². The Kier molecular flexibility index (Phi) is 12.3. The van der Waals surface area contributed by atoms with E-state index in [0.717, 1.165) is 61.7 Å². The summed E-state index contributed by atoms with van der Waals surface area (Å²) >= 11 is 0. The molecule has 11 nitrogen and oxygen atoms in total. The molecule has 4 heterocycles. The first-order chi connectivity index (χ1) is 24.2. The van der Waals surface area contributed by atoms with Crippen LogP contribution in [0.1, 0.15) is 52.9 Å². The van der Waals surface area contributed by atoms with Gasteiger partial charge in [-0.05, 0) is 77.9 Å². The molecule has 0 unspecified atom stereocenters. The van der Waals surface area contributed by atoms with E-state index in [1.807, 2.05) is 0 Å². The van der Waals surface area contributed by atoms with E-state index in [2.05, 4.69) is 15.0 Å². The number of halogens is 8. The summed E-state index contributed by atoms with van der Waals surface area (Å²) in [6, 6.07) is 6.40. The number of pyridine rings is 4. The van der Waals surface area contributed by atoms with Crippen molar-refractivity contribution >= 4 is 23.6 Å². The summed E-state index contributed by atoms with van der Waals surface area (Å²) in [5.74, 6) is -1.62. The average molecular weight is 759 g/mol. The van der Waals surface area contributed by atoms with Crippen molar-refractivity contribution in [2.45, 2.75) is 65.1 Å². The van der Waals surface area contributed by atoms with Crippen molar-refractivity contribution in [3.05, 3.63) is 89.4 Å². The Morgan fingerprint density at radius 2 is 1.08 bits per heavy atom. The van der Waals surface area contributed by atoms with Crippen molar-refractivity contribution in [2.24, 2.45) is 0 Å². The minimum Gasteiger partial charge on any atom is -0.619 e. The molecule has 4 aromatic heterocycles. The second kappa shape index (κ2) is 15.5. The normalized spacial score (nSPS) is 12.0. The molecule has 0 aliphatic rings. The molecule has 0 atom stereocenters. The van der Waals surface area contributed by atoms with Crippen LogP contribution in [-0.4, -0.2) is 52.4 Å². The van der Waals surface area contributed by atoms with Gasteiger partial charge in [-0.2, -0.15) is 31.1 Å². The van der Waals surface area contributed by atoms with E-state index >= 15 is 0 Å². The third-order valence-corrected chi connectivity index (χ3v) is 6.45. The Morgan fingerprint density at radius 3 is 1.45 bits per heavy atom. The molecule has 0 N–H and O–H groups in total. The molecule has 2 amide bonds. The molecule has 19 heteroatoms. The summed E-state index contributed by atoms with van der Waals surface area (Å²) in [6.45, 7) is 9.53. The first-order valence-corrected chi connectivity index (χ1v) is 15.3. The SMILES string of the molecule is CN(C(=O)OC(C)(C)C)c1ccc(-c2cc(F)c[n+]([O-])c2)nc1C(F)(F)F.CN(C(=O)OC(C)(C)C)c1ccc(-c2cncc(F)c2)nc1C(F)(F)F. The van der Waals surface area contributed by atoms with Gasteiger partial charge >= 0.3 is 24.5 Å². The number of nitrogens with zero attached hydrogens (tertiary/aromatic N) is 6. The molecule has 0 aromatic carbocycles. The van der Waals surface area contributed by atoms with Crippen LogP contribution in [0.4, 0.5) is 56.1 Å². The molecular formula is C34H34F8N6O5. The molecule has 53 heavy (non-hydrogen) atoms. The van der Waals surface area contributed by atoms with Gasteiger partial charge < -0.3 is 14.7 Å².